The predicted molar refractivity (Wildman–Crippen MR) is 126 cm³/mol. The van der Waals surface area contributed by atoms with Gasteiger partial charge in [-0.1, -0.05) is 66.7 Å². The lowest BCUT2D eigenvalue weighted by Gasteiger charge is -2.08. The van der Waals surface area contributed by atoms with Gasteiger partial charge in [0.2, 0.25) is 11.8 Å². The predicted octanol–water partition coefficient (Wildman–Crippen LogP) is 3.91. The highest BCUT2D eigenvalue weighted by molar-refractivity contribution is 6.35. The minimum absolute atomic E-state index is 0.00711. The zero-order valence-corrected chi connectivity index (χ0v) is 18.0. The van der Waals surface area contributed by atoms with Gasteiger partial charge in [0.05, 0.1) is 5.52 Å². The van der Waals surface area contributed by atoms with Crippen LogP contribution in [-0.4, -0.2) is 27.4 Å². The molecule has 0 bridgehead atoms. The number of hydrogen-bond donors (Lipinski definition) is 3. The fourth-order valence-electron chi connectivity index (χ4n) is 3.39. The van der Waals surface area contributed by atoms with Crippen LogP contribution in [0.5, 0.6) is 5.88 Å². The van der Waals surface area contributed by atoms with Crippen molar-refractivity contribution >= 4 is 40.0 Å². The van der Waals surface area contributed by atoms with E-state index in [0.717, 1.165) is 5.56 Å². The van der Waals surface area contributed by atoms with E-state index in [2.05, 4.69) is 20.9 Å². The van der Waals surface area contributed by atoms with Gasteiger partial charge in [-0.3, -0.25) is 14.4 Å². The number of amides is 3. The molecule has 0 saturated heterocycles. The molecule has 4 aromatic rings. The Bertz CT molecular complexity index is 1360. The summed E-state index contributed by atoms with van der Waals surface area (Å²) >= 11 is 0. The number of nitrogens with zero attached hydrogens (tertiary/aromatic N) is 3. The van der Waals surface area contributed by atoms with Crippen LogP contribution in [0.2, 0.25) is 0 Å². The molecule has 3 N–H and O–H groups in total. The van der Waals surface area contributed by atoms with Gasteiger partial charge >= 0.3 is 11.8 Å². The number of para-hydroxylation sites is 2. The Labute approximate surface area is 194 Å². The molecular formula is C25H21N5O4. The van der Waals surface area contributed by atoms with Crippen LogP contribution in [-0.2, 0) is 27.5 Å². The molecule has 0 spiro atoms. The van der Waals surface area contributed by atoms with Gasteiger partial charge in [-0.2, -0.15) is 0 Å². The molecule has 9 nitrogen and oxygen atoms in total. The quantitative estimate of drug-likeness (QED) is 0.301. The molecule has 0 aliphatic heterocycles. The van der Waals surface area contributed by atoms with Crippen molar-refractivity contribution in [3.05, 3.63) is 90.5 Å². The highest BCUT2D eigenvalue weighted by Gasteiger charge is 2.20. The number of aromatic hydroxyl groups is 1. The maximum Gasteiger partial charge on any atom is 0.353 e. The Kier molecular flexibility index (Phi) is 6.73. The molecule has 0 atom stereocenters. The molecule has 9 heteroatoms. The lowest BCUT2D eigenvalue weighted by atomic mass is 10.2. The SMILES string of the molecule is O=C(Cn1c(O)c(N=NC(=O)C(=O)NCc2ccccc2)c2ccccc21)Nc1ccccc1. The molecule has 1 aromatic heterocycles. The molecular weight excluding hydrogens is 434 g/mol. The number of fused-ring (bicyclic) bond motifs is 1. The van der Waals surface area contributed by atoms with Crippen molar-refractivity contribution in [3.63, 3.8) is 0 Å². The molecule has 1 heterocycles. The molecule has 0 unspecified atom stereocenters. The molecule has 0 aliphatic rings. The lowest BCUT2D eigenvalue weighted by Crippen LogP contribution is -2.29. The van der Waals surface area contributed by atoms with Crippen LogP contribution in [0.1, 0.15) is 5.56 Å². The fraction of sp³-hybridized carbons (Fsp3) is 0.0800. The smallest absolute Gasteiger partial charge is 0.353 e. The van der Waals surface area contributed by atoms with Crippen molar-refractivity contribution in [2.45, 2.75) is 13.1 Å². The van der Waals surface area contributed by atoms with E-state index >= 15 is 0 Å². The molecule has 0 fully saturated rings. The summed E-state index contributed by atoms with van der Waals surface area (Å²) < 4.78 is 1.36. The van der Waals surface area contributed by atoms with Crippen LogP contribution >= 0.6 is 0 Å². The second-order valence-corrected chi connectivity index (χ2v) is 7.36. The standard InChI is InChI=1S/C25H21N5O4/c31-21(27-18-11-5-2-6-12-18)16-30-20-14-8-7-13-19(20)22(25(30)34)28-29-24(33)23(32)26-15-17-9-3-1-4-10-17/h1-14,34H,15-16H2,(H,26,32)(H,27,31). The Hall–Kier alpha value is -4.79. The Morgan fingerprint density at radius 2 is 1.50 bits per heavy atom. The molecule has 170 valence electrons. The Balaban J connectivity index is 1.50. The number of benzene rings is 3. The Morgan fingerprint density at radius 3 is 2.24 bits per heavy atom. The van der Waals surface area contributed by atoms with E-state index < -0.39 is 11.8 Å². The molecule has 3 amide bonds. The third-order valence-electron chi connectivity index (χ3n) is 5.01. The van der Waals surface area contributed by atoms with Crippen LogP contribution in [0.25, 0.3) is 10.9 Å². The monoisotopic (exact) mass is 455 g/mol. The second-order valence-electron chi connectivity index (χ2n) is 7.36. The number of carbonyl (C=O) groups excluding carboxylic acids is 3. The minimum Gasteiger partial charge on any atom is -0.493 e. The van der Waals surface area contributed by atoms with Crippen molar-refractivity contribution in [2.24, 2.45) is 10.2 Å². The van der Waals surface area contributed by atoms with Crippen LogP contribution in [0.15, 0.2) is 95.2 Å². The summed E-state index contributed by atoms with van der Waals surface area (Å²) in [4.78, 5) is 36.8. The molecule has 0 radical (unpaired) electrons. The summed E-state index contributed by atoms with van der Waals surface area (Å²) in [6, 6.07) is 24.9. The third kappa shape index (κ3) is 5.16. The van der Waals surface area contributed by atoms with E-state index in [0.29, 0.717) is 16.6 Å². The highest BCUT2D eigenvalue weighted by atomic mass is 16.3. The number of anilines is 1. The van der Waals surface area contributed by atoms with E-state index in [1.807, 2.05) is 36.4 Å². The first-order valence-electron chi connectivity index (χ1n) is 10.5. The average molecular weight is 455 g/mol. The van der Waals surface area contributed by atoms with Gasteiger partial charge in [-0.15, -0.1) is 10.2 Å². The lowest BCUT2D eigenvalue weighted by molar-refractivity contribution is -0.137. The maximum absolute atomic E-state index is 12.5. The van der Waals surface area contributed by atoms with Gasteiger partial charge in [0.1, 0.15) is 6.54 Å². The van der Waals surface area contributed by atoms with Crippen molar-refractivity contribution < 1.29 is 19.5 Å². The second kappa shape index (κ2) is 10.2. The van der Waals surface area contributed by atoms with Gasteiger partial charge < -0.3 is 20.3 Å². The normalized spacial score (nSPS) is 10.9. The number of azo groups is 1. The summed E-state index contributed by atoms with van der Waals surface area (Å²) in [6.45, 7) is -0.0235. The molecule has 0 aliphatic carbocycles. The number of rotatable bonds is 6. The average Bonchev–Trinajstić information content (AvgIpc) is 3.12. The van der Waals surface area contributed by atoms with Gasteiger partial charge in [-0.05, 0) is 23.8 Å². The van der Waals surface area contributed by atoms with E-state index in [4.69, 9.17) is 0 Å². The van der Waals surface area contributed by atoms with Crippen molar-refractivity contribution in [2.75, 3.05) is 5.32 Å². The minimum atomic E-state index is -1.10. The van der Waals surface area contributed by atoms with E-state index in [-0.39, 0.29) is 30.6 Å². The number of carbonyl (C=O) groups is 3. The summed E-state index contributed by atoms with van der Waals surface area (Å²) in [5, 5.41) is 23.8. The van der Waals surface area contributed by atoms with Gasteiger partial charge in [0.25, 0.3) is 0 Å². The fourth-order valence-corrected chi connectivity index (χ4v) is 3.39. The highest BCUT2D eigenvalue weighted by Crippen LogP contribution is 2.38. The first-order chi connectivity index (χ1) is 16.5. The first-order valence-corrected chi connectivity index (χ1v) is 10.5. The summed E-state index contributed by atoms with van der Waals surface area (Å²) in [5.41, 5.74) is 1.97. The van der Waals surface area contributed by atoms with Gasteiger partial charge in [0, 0.05) is 17.6 Å². The molecule has 34 heavy (non-hydrogen) atoms. The molecule has 0 saturated carbocycles. The Morgan fingerprint density at radius 1 is 0.853 bits per heavy atom. The van der Waals surface area contributed by atoms with Gasteiger partial charge in [-0.25, -0.2) is 0 Å². The zero-order valence-electron chi connectivity index (χ0n) is 18.0. The number of hydrogen-bond acceptors (Lipinski definition) is 5. The summed E-state index contributed by atoms with van der Waals surface area (Å²) in [5.74, 6) is -2.72. The number of aromatic nitrogens is 1. The maximum atomic E-state index is 12.5. The first kappa shape index (κ1) is 22.4. The number of nitrogens with one attached hydrogen (secondary N) is 2. The van der Waals surface area contributed by atoms with E-state index in [9.17, 15) is 19.5 Å². The van der Waals surface area contributed by atoms with Crippen LogP contribution in [0.3, 0.4) is 0 Å². The third-order valence-corrected chi connectivity index (χ3v) is 5.01. The zero-order chi connectivity index (χ0) is 23.9. The summed E-state index contributed by atoms with van der Waals surface area (Å²) in [6.07, 6.45) is 0. The van der Waals surface area contributed by atoms with Crippen molar-refractivity contribution in [1.29, 1.82) is 0 Å². The van der Waals surface area contributed by atoms with Crippen LogP contribution in [0, 0.1) is 0 Å². The van der Waals surface area contributed by atoms with Crippen molar-refractivity contribution in [3.8, 4) is 5.88 Å². The van der Waals surface area contributed by atoms with Crippen LogP contribution in [0.4, 0.5) is 11.4 Å². The summed E-state index contributed by atoms with van der Waals surface area (Å²) in [7, 11) is 0. The van der Waals surface area contributed by atoms with Crippen LogP contribution < -0.4 is 10.6 Å². The topological polar surface area (TPSA) is 125 Å². The largest absolute Gasteiger partial charge is 0.493 e. The van der Waals surface area contributed by atoms with E-state index in [1.54, 1.807) is 48.5 Å². The van der Waals surface area contributed by atoms with E-state index in [1.165, 1.54) is 4.57 Å². The van der Waals surface area contributed by atoms with Gasteiger partial charge in [0.15, 0.2) is 5.69 Å². The molecule has 3 aromatic carbocycles. The van der Waals surface area contributed by atoms with Crippen molar-refractivity contribution in [1.82, 2.24) is 9.88 Å². The molecule has 4 rings (SSSR count).